The van der Waals surface area contributed by atoms with Gasteiger partial charge in [-0.25, -0.2) is 0 Å². The summed E-state index contributed by atoms with van der Waals surface area (Å²) in [6.45, 7) is 8.07. The van der Waals surface area contributed by atoms with Crippen LogP contribution in [0.15, 0.2) is 0 Å². The fourth-order valence-electron chi connectivity index (χ4n) is 2.56. The van der Waals surface area contributed by atoms with Gasteiger partial charge in [-0.1, -0.05) is 26.2 Å². The van der Waals surface area contributed by atoms with E-state index in [0.717, 1.165) is 58.5 Å². The zero-order valence-corrected chi connectivity index (χ0v) is 12.6. The van der Waals surface area contributed by atoms with Crippen LogP contribution in [0, 0.1) is 0 Å². The lowest BCUT2D eigenvalue weighted by Gasteiger charge is -2.34. The first-order valence-electron chi connectivity index (χ1n) is 7.98. The average Bonchev–Trinajstić information content (AvgIpc) is 2.44. The van der Waals surface area contributed by atoms with Gasteiger partial charge in [0.1, 0.15) is 0 Å². The zero-order valence-electron chi connectivity index (χ0n) is 12.6. The van der Waals surface area contributed by atoms with E-state index in [9.17, 15) is 4.79 Å². The van der Waals surface area contributed by atoms with Crippen molar-refractivity contribution in [2.45, 2.75) is 51.9 Å². The van der Waals surface area contributed by atoms with Crippen LogP contribution < -0.4 is 5.73 Å². The summed E-state index contributed by atoms with van der Waals surface area (Å²) < 4.78 is 0. The van der Waals surface area contributed by atoms with Gasteiger partial charge in [-0.3, -0.25) is 9.69 Å². The minimum atomic E-state index is 0.358. The fraction of sp³-hybridized carbons (Fsp3) is 0.933. The van der Waals surface area contributed by atoms with Gasteiger partial charge >= 0.3 is 0 Å². The van der Waals surface area contributed by atoms with Crippen LogP contribution >= 0.6 is 0 Å². The molecule has 1 fully saturated rings. The van der Waals surface area contributed by atoms with Crippen molar-refractivity contribution in [2.24, 2.45) is 5.73 Å². The number of unbranched alkanes of at least 4 members (excludes halogenated alkanes) is 4. The van der Waals surface area contributed by atoms with Gasteiger partial charge in [-0.05, 0) is 32.4 Å². The second kappa shape index (κ2) is 10.2. The van der Waals surface area contributed by atoms with E-state index in [4.69, 9.17) is 5.73 Å². The van der Waals surface area contributed by atoms with E-state index in [1.807, 2.05) is 4.90 Å². The molecule has 1 saturated heterocycles. The lowest BCUT2D eigenvalue weighted by molar-refractivity contribution is -0.133. The summed E-state index contributed by atoms with van der Waals surface area (Å²) in [7, 11) is 0. The quantitative estimate of drug-likeness (QED) is 0.650. The van der Waals surface area contributed by atoms with Crippen molar-refractivity contribution in [1.82, 2.24) is 9.80 Å². The average molecular weight is 269 g/mol. The molecule has 1 amide bonds. The van der Waals surface area contributed by atoms with E-state index in [1.165, 1.54) is 25.7 Å². The molecule has 1 aliphatic heterocycles. The van der Waals surface area contributed by atoms with E-state index < -0.39 is 0 Å². The number of piperazine rings is 1. The van der Waals surface area contributed by atoms with Crippen LogP contribution in [-0.2, 0) is 4.79 Å². The third kappa shape index (κ3) is 6.92. The van der Waals surface area contributed by atoms with E-state index in [1.54, 1.807) is 0 Å². The first-order valence-corrected chi connectivity index (χ1v) is 7.98. The molecule has 0 saturated carbocycles. The summed E-state index contributed by atoms with van der Waals surface area (Å²) >= 11 is 0. The smallest absolute Gasteiger partial charge is 0.222 e. The Bertz CT molecular complexity index is 238. The zero-order chi connectivity index (χ0) is 13.9. The molecule has 0 aromatic heterocycles. The molecule has 4 nitrogen and oxygen atoms in total. The second-order valence-corrected chi connectivity index (χ2v) is 5.53. The third-order valence-corrected chi connectivity index (χ3v) is 3.90. The minimum absolute atomic E-state index is 0.358. The number of rotatable bonds is 9. The number of hydrogen-bond acceptors (Lipinski definition) is 3. The van der Waals surface area contributed by atoms with Crippen LogP contribution in [0.3, 0.4) is 0 Å². The van der Waals surface area contributed by atoms with Crippen LogP contribution in [0.4, 0.5) is 0 Å². The molecule has 0 aliphatic carbocycles. The van der Waals surface area contributed by atoms with Gasteiger partial charge < -0.3 is 10.6 Å². The van der Waals surface area contributed by atoms with Gasteiger partial charge in [0.15, 0.2) is 0 Å². The Morgan fingerprint density at radius 1 is 1.00 bits per heavy atom. The Hall–Kier alpha value is -0.610. The predicted molar refractivity (Wildman–Crippen MR) is 80.1 cm³/mol. The monoisotopic (exact) mass is 269 g/mol. The lowest BCUT2D eigenvalue weighted by Crippen LogP contribution is -2.48. The van der Waals surface area contributed by atoms with Crippen LogP contribution in [-0.4, -0.2) is 55.0 Å². The Morgan fingerprint density at radius 3 is 2.37 bits per heavy atom. The van der Waals surface area contributed by atoms with Gasteiger partial charge in [0.2, 0.25) is 5.91 Å². The van der Waals surface area contributed by atoms with Crippen molar-refractivity contribution in [3.8, 4) is 0 Å². The summed E-state index contributed by atoms with van der Waals surface area (Å²) in [5.74, 6) is 0.358. The van der Waals surface area contributed by atoms with Crippen LogP contribution in [0.1, 0.15) is 51.9 Å². The summed E-state index contributed by atoms with van der Waals surface area (Å²) in [4.78, 5) is 16.5. The molecular weight excluding hydrogens is 238 g/mol. The highest BCUT2D eigenvalue weighted by Crippen LogP contribution is 2.08. The Kier molecular flexibility index (Phi) is 8.84. The largest absolute Gasteiger partial charge is 0.340 e. The maximum atomic E-state index is 12.0. The number of carbonyl (C=O) groups is 1. The Balaban J connectivity index is 2.09. The van der Waals surface area contributed by atoms with E-state index in [-0.39, 0.29) is 0 Å². The third-order valence-electron chi connectivity index (χ3n) is 3.90. The Labute approximate surface area is 118 Å². The molecule has 0 atom stereocenters. The number of nitrogens with zero attached hydrogens (tertiary/aromatic N) is 2. The molecule has 19 heavy (non-hydrogen) atoms. The molecule has 2 N–H and O–H groups in total. The maximum absolute atomic E-state index is 12.0. The van der Waals surface area contributed by atoms with E-state index in [2.05, 4.69) is 11.8 Å². The summed E-state index contributed by atoms with van der Waals surface area (Å²) in [5.41, 5.74) is 5.49. The first kappa shape index (κ1) is 16.4. The molecule has 0 bridgehead atoms. The number of amides is 1. The van der Waals surface area contributed by atoms with Crippen molar-refractivity contribution in [2.75, 3.05) is 39.3 Å². The van der Waals surface area contributed by atoms with Crippen LogP contribution in [0.5, 0.6) is 0 Å². The molecule has 0 radical (unpaired) electrons. The Morgan fingerprint density at radius 2 is 1.74 bits per heavy atom. The van der Waals surface area contributed by atoms with Crippen molar-refractivity contribution in [1.29, 1.82) is 0 Å². The predicted octanol–water partition coefficient (Wildman–Crippen LogP) is 1.84. The molecule has 0 aromatic carbocycles. The molecule has 0 unspecified atom stereocenters. The van der Waals surface area contributed by atoms with Crippen LogP contribution in [0.2, 0.25) is 0 Å². The molecule has 1 aliphatic rings. The van der Waals surface area contributed by atoms with E-state index >= 15 is 0 Å². The van der Waals surface area contributed by atoms with Crippen molar-refractivity contribution in [3.05, 3.63) is 0 Å². The van der Waals surface area contributed by atoms with Crippen molar-refractivity contribution in [3.63, 3.8) is 0 Å². The highest BCUT2D eigenvalue weighted by molar-refractivity contribution is 5.76. The molecule has 0 spiro atoms. The molecule has 4 heteroatoms. The summed E-state index contributed by atoms with van der Waals surface area (Å²) in [6, 6.07) is 0. The summed E-state index contributed by atoms with van der Waals surface area (Å²) in [5, 5.41) is 0. The fourth-order valence-corrected chi connectivity index (χ4v) is 2.56. The van der Waals surface area contributed by atoms with Gasteiger partial charge in [0.25, 0.3) is 0 Å². The molecule has 112 valence electrons. The molecule has 0 aromatic rings. The molecular formula is C15H31N3O. The maximum Gasteiger partial charge on any atom is 0.222 e. The topological polar surface area (TPSA) is 49.6 Å². The number of carbonyl (C=O) groups excluding carboxylic acids is 1. The first-order chi connectivity index (χ1) is 9.27. The van der Waals surface area contributed by atoms with Crippen molar-refractivity contribution < 1.29 is 4.79 Å². The van der Waals surface area contributed by atoms with E-state index in [0.29, 0.717) is 5.91 Å². The molecule has 1 heterocycles. The minimum Gasteiger partial charge on any atom is -0.340 e. The second-order valence-electron chi connectivity index (χ2n) is 5.53. The highest BCUT2D eigenvalue weighted by Gasteiger charge is 2.19. The van der Waals surface area contributed by atoms with Gasteiger partial charge in [0, 0.05) is 32.6 Å². The SMILES string of the molecule is CCCCCC(=O)N1CCN(CCCCCN)CC1. The number of nitrogens with two attached hydrogens (primary N) is 1. The van der Waals surface area contributed by atoms with Crippen molar-refractivity contribution >= 4 is 5.91 Å². The van der Waals surface area contributed by atoms with Gasteiger partial charge in [0.05, 0.1) is 0 Å². The number of hydrogen-bond donors (Lipinski definition) is 1. The van der Waals surface area contributed by atoms with Gasteiger partial charge in [-0.15, -0.1) is 0 Å². The normalized spacial score (nSPS) is 16.8. The highest BCUT2D eigenvalue weighted by atomic mass is 16.2. The lowest BCUT2D eigenvalue weighted by atomic mass is 10.1. The standard InChI is InChI=1S/C15H31N3O/c1-2-3-5-8-15(19)18-13-11-17(12-14-18)10-7-4-6-9-16/h2-14,16H2,1H3. The van der Waals surface area contributed by atoms with Gasteiger partial charge in [-0.2, -0.15) is 0 Å². The van der Waals surface area contributed by atoms with Crippen LogP contribution in [0.25, 0.3) is 0 Å². The summed E-state index contributed by atoms with van der Waals surface area (Å²) in [6.07, 6.45) is 7.75. The molecule has 1 rings (SSSR count).